The second kappa shape index (κ2) is 5.57. The standard InChI is InChI=1S/C14H25Cl/c1-2-11-7-3-4-8-12(11)13-9-5-6-10-14(13)15/h11-14H,2-10H2,1H3. The Morgan fingerprint density at radius 1 is 0.867 bits per heavy atom. The van der Waals surface area contributed by atoms with Crippen LogP contribution in [0.1, 0.15) is 64.7 Å². The molecule has 0 saturated heterocycles. The Bertz CT molecular complexity index is 190. The summed E-state index contributed by atoms with van der Waals surface area (Å²) in [5, 5.41) is 0.496. The van der Waals surface area contributed by atoms with Gasteiger partial charge >= 0.3 is 0 Å². The highest BCUT2D eigenvalue weighted by molar-refractivity contribution is 6.20. The molecule has 0 nitrogen and oxygen atoms in total. The predicted molar refractivity (Wildman–Crippen MR) is 67.3 cm³/mol. The average Bonchev–Trinajstić information content (AvgIpc) is 2.30. The molecule has 0 N–H and O–H groups in total. The molecule has 0 amide bonds. The van der Waals surface area contributed by atoms with Gasteiger partial charge in [0.1, 0.15) is 0 Å². The summed E-state index contributed by atoms with van der Waals surface area (Å²) in [6.45, 7) is 2.37. The summed E-state index contributed by atoms with van der Waals surface area (Å²) in [6, 6.07) is 0. The van der Waals surface area contributed by atoms with E-state index in [4.69, 9.17) is 11.6 Å². The van der Waals surface area contributed by atoms with Gasteiger partial charge in [0, 0.05) is 5.38 Å². The molecule has 0 spiro atoms. The Hall–Kier alpha value is 0.290. The van der Waals surface area contributed by atoms with E-state index < -0.39 is 0 Å². The fraction of sp³-hybridized carbons (Fsp3) is 1.00. The van der Waals surface area contributed by atoms with E-state index in [0.29, 0.717) is 5.38 Å². The lowest BCUT2D eigenvalue weighted by molar-refractivity contribution is 0.128. The number of rotatable bonds is 2. The Balaban J connectivity index is 1.99. The van der Waals surface area contributed by atoms with E-state index in [0.717, 1.165) is 17.8 Å². The van der Waals surface area contributed by atoms with Gasteiger partial charge < -0.3 is 0 Å². The Morgan fingerprint density at radius 2 is 1.47 bits per heavy atom. The monoisotopic (exact) mass is 228 g/mol. The first-order chi connectivity index (χ1) is 7.33. The molecule has 15 heavy (non-hydrogen) atoms. The van der Waals surface area contributed by atoms with Crippen LogP contribution in [0.25, 0.3) is 0 Å². The van der Waals surface area contributed by atoms with Gasteiger partial charge in [0.2, 0.25) is 0 Å². The molecule has 2 aliphatic carbocycles. The van der Waals surface area contributed by atoms with E-state index in [1.165, 1.54) is 57.8 Å². The van der Waals surface area contributed by atoms with E-state index >= 15 is 0 Å². The molecule has 2 aliphatic rings. The lowest BCUT2D eigenvalue weighted by atomic mass is 9.67. The zero-order valence-electron chi connectivity index (χ0n) is 10.1. The lowest BCUT2D eigenvalue weighted by Gasteiger charge is -2.41. The van der Waals surface area contributed by atoms with Gasteiger partial charge in [-0.15, -0.1) is 11.6 Å². The molecule has 2 saturated carbocycles. The summed E-state index contributed by atoms with van der Waals surface area (Å²) >= 11 is 6.54. The second-order valence-corrected chi connectivity index (χ2v) is 6.14. The van der Waals surface area contributed by atoms with Crippen LogP contribution in [0.5, 0.6) is 0 Å². The molecule has 0 radical (unpaired) electrons. The summed E-state index contributed by atoms with van der Waals surface area (Å²) in [4.78, 5) is 0. The van der Waals surface area contributed by atoms with Crippen molar-refractivity contribution in [2.24, 2.45) is 17.8 Å². The van der Waals surface area contributed by atoms with Crippen molar-refractivity contribution in [2.45, 2.75) is 70.1 Å². The van der Waals surface area contributed by atoms with Crippen LogP contribution < -0.4 is 0 Å². The summed E-state index contributed by atoms with van der Waals surface area (Å²) in [6.07, 6.45) is 12.7. The number of alkyl halides is 1. The minimum absolute atomic E-state index is 0.496. The Labute approximate surface area is 99.8 Å². The second-order valence-electron chi connectivity index (χ2n) is 5.58. The molecule has 0 aromatic heterocycles. The molecule has 0 heterocycles. The van der Waals surface area contributed by atoms with Crippen molar-refractivity contribution in [3.05, 3.63) is 0 Å². The van der Waals surface area contributed by atoms with Crippen LogP contribution in [0, 0.1) is 17.8 Å². The summed E-state index contributed by atoms with van der Waals surface area (Å²) in [5.74, 6) is 2.81. The van der Waals surface area contributed by atoms with Gasteiger partial charge in [0.15, 0.2) is 0 Å². The van der Waals surface area contributed by atoms with Gasteiger partial charge in [-0.3, -0.25) is 0 Å². The lowest BCUT2D eigenvalue weighted by Crippen LogP contribution is -2.34. The first kappa shape index (κ1) is 11.8. The van der Waals surface area contributed by atoms with E-state index in [1.807, 2.05) is 0 Å². The van der Waals surface area contributed by atoms with E-state index in [9.17, 15) is 0 Å². The Morgan fingerprint density at radius 3 is 2.13 bits per heavy atom. The summed E-state index contributed by atoms with van der Waals surface area (Å²) in [5.41, 5.74) is 0. The average molecular weight is 229 g/mol. The van der Waals surface area contributed by atoms with Crippen molar-refractivity contribution >= 4 is 11.6 Å². The molecule has 2 rings (SSSR count). The molecule has 88 valence electrons. The fourth-order valence-electron chi connectivity index (χ4n) is 3.90. The quantitative estimate of drug-likeness (QED) is 0.584. The van der Waals surface area contributed by atoms with Crippen LogP contribution in [0.3, 0.4) is 0 Å². The van der Waals surface area contributed by atoms with Gasteiger partial charge in [-0.05, 0) is 37.0 Å². The van der Waals surface area contributed by atoms with Gasteiger partial charge in [0.05, 0.1) is 0 Å². The molecular weight excluding hydrogens is 204 g/mol. The predicted octanol–water partition coefficient (Wildman–Crippen LogP) is 5.00. The topological polar surface area (TPSA) is 0 Å². The van der Waals surface area contributed by atoms with E-state index in [-0.39, 0.29) is 0 Å². The molecule has 0 bridgehead atoms. The first-order valence-corrected chi connectivity index (χ1v) is 7.40. The molecule has 0 aromatic carbocycles. The van der Waals surface area contributed by atoms with Crippen LogP contribution in [-0.4, -0.2) is 5.38 Å². The van der Waals surface area contributed by atoms with Crippen LogP contribution in [0.4, 0.5) is 0 Å². The van der Waals surface area contributed by atoms with Gasteiger partial charge in [-0.2, -0.15) is 0 Å². The van der Waals surface area contributed by atoms with Crippen molar-refractivity contribution in [1.29, 1.82) is 0 Å². The maximum atomic E-state index is 6.54. The van der Waals surface area contributed by atoms with Gasteiger partial charge in [-0.25, -0.2) is 0 Å². The molecule has 4 unspecified atom stereocenters. The number of halogens is 1. The van der Waals surface area contributed by atoms with Crippen molar-refractivity contribution in [3.8, 4) is 0 Å². The third-order valence-corrected chi connectivity index (χ3v) is 5.32. The smallest absolute Gasteiger partial charge is 0.0367 e. The normalized spacial score (nSPS) is 42.8. The van der Waals surface area contributed by atoms with E-state index in [1.54, 1.807) is 0 Å². The third kappa shape index (κ3) is 2.70. The van der Waals surface area contributed by atoms with Gasteiger partial charge in [-0.1, -0.05) is 45.4 Å². The third-order valence-electron chi connectivity index (χ3n) is 4.77. The molecule has 0 aromatic rings. The molecule has 4 atom stereocenters. The molecule has 2 fully saturated rings. The number of hydrogen-bond donors (Lipinski definition) is 0. The summed E-state index contributed by atoms with van der Waals surface area (Å²) in [7, 11) is 0. The Kier molecular flexibility index (Phi) is 4.37. The molecular formula is C14H25Cl. The highest BCUT2D eigenvalue weighted by atomic mass is 35.5. The minimum Gasteiger partial charge on any atom is -0.123 e. The highest BCUT2D eigenvalue weighted by Gasteiger charge is 2.35. The molecule has 1 heteroatoms. The SMILES string of the molecule is CCC1CCCCC1C1CCCCC1Cl. The zero-order chi connectivity index (χ0) is 10.7. The van der Waals surface area contributed by atoms with Crippen LogP contribution >= 0.6 is 11.6 Å². The highest BCUT2D eigenvalue weighted by Crippen LogP contribution is 2.44. The fourth-order valence-corrected chi connectivity index (χ4v) is 4.37. The largest absolute Gasteiger partial charge is 0.123 e. The number of hydrogen-bond acceptors (Lipinski definition) is 0. The molecule has 0 aliphatic heterocycles. The van der Waals surface area contributed by atoms with Crippen molar-refractivity contribution < 1.29 is 0 Å². The van der Waals surface area contributed by atoms with Crippen LogP contribution in [0.15, 0.2) is 0 Å². The summed E-state index contributed by atoms with van der Waals surface area (Å²) < 4.78 is 0. The maximum absolute atomic E-state index is 6.54. The first-order valence-electron chi connectivity index (χ1n) is 6.97. The van der Waals surface area contributed by atoms with Crippen molar-refractivity contribution in [3.63, 3.8) is 0 Å². The zero-order valence-corrected chi connectivity index (χ0v) is 10.8. The van der Waals surface area contributed by atoms with Crippen LogP contribution in [0.2, 0.25) is 0 Å². The van der Waals surface area contributed by atoms with Gasteiger partial charge in [0.25, 0.3) is 0 Å². The van der Waals surface area contributed by atoms with Crippen molar-refractivity contribution in [2.75, 3.05) is 0 Å². The van der Waals surface area contributed by atoms with Crippen molar-refractivity contribution in [1.82, 2.24) is 0 Å². The van der Waals surface area contributed by atoms with E-state index in [2.05, 4.69) is 6.92 Å². The van der Waals surface area contributed by atoms with Crippen LogP contribution in [-0.2, 0) is 0 Å². The minimum atomic E-state index is 0.496. The maximum Gasteiger partial charge on any atom is 0.0367 e.